The molecule has 0 aliphatic heterocycles. The summed E-state index contributed by atoms with van der Waals surface area (Å²) in [6, 6.07) is 12.2. The van der Waals surface area contributed by atoms with Crippen molar-refractivity contribution in [1.29, 1.82) is 0 Å². The van der Waals surface area contributed by atoms with Crippen LogP contribution in [-0.4, -0.2) is 22.0 Å². The van der Waals surface area contributed by atoms with Gasteiger partial charge in [-0.05, 0) is 42.0 Å². The van der Waals surface area contributed by atoms with Gasteiger partial charge in [0.1, 0.15) is 5.75 Å². The van der Waals surface area contributed by atoms with Gasteiger partial charge in [-0.15, -0.1) is 13.2 Å². The lowest BCUT2D eigenvalue weighted by Gasteiger charge is -2.10. The molecule has 124 valence electrons. The highest BCUT2D eigenvalue weighted by molar-refractivity contribution is 5.93. The van der Waals surface area contributed by atoms with Crippen LogP contribution in [0.4, 0.5) is 13.2 Å². The standard InChI is InChI=1S/C17H12F3NO3/c18-17(19,20)24-14-4-1-11(2-5-14)10-21-8-7-12-9-13(16(22)23)3-6-15(12)21/h1-9H,10H2,(H,22,23). The Bertz CT molecular complexity index is 882. The van der Waals surface area contributed by atoms with E-state index >= 15 is 0 Å². The number of carbonyl (C=O) groups is 1. The lowest BCUT2D eigenvalue weighted by Crippen LogP contribution is -2.17. The van der Waals surface area contributed by atoms with E-state index in [0.29, 0.717) is 6.54 Å². The Morgan fingerprint density at radius 1 is 1.08 bits per heavy atom. The molecule has 0 aliphatic carbocycles. The van der Waals surface area contributed by atoms with Crippen molar-refractivity contribution in [3.05, 3.63) is 65.9 Å². The van der Waals surface area contributed by atoms with E-state index in [2.05, 4.69) is 4.74 Å². The molecule has 3 aromatic rings. The fourth-order valence-electron chi connectivity index (χ4n) is 2.46. The van der Waals surface area contributed by atoms with Crippen LogP contribution in [-0.2, 0) is 6.54 Å². The number of ether oxygens (including phenoxy) is 1. The number of halogens is 3. The fraction of sp³-hybridized carbons (Fsp3) is 0.118. The topological polar surface area (TPSA) is 51.5 Å². The molecule has 4 nitrogen and oxygen atoms in total. The van der Waals surface area contributed by atoms with E-state index in [1.165, 1.54) is 18.2 Å². The third-order valence-corrected chi connectivity index (χ3v) is 3.53. The van der Waals surface area contributed by atoms with Crippen molar-refractivity contribution in [3.63, 3.8) is 0 Å². The Kier molecular flexibility index (Phi) is 3.92. The summed E-state index contributed by atoms with van der Waals surface area (Å²) in [4.78, 5) is 11.0. The molecule has 0 unspecified atom stereocenters. The number of benzene rings is 2. The Hall–Kier alpha value is -2.96. The zero-order valence-corrected chi connectivity index (χ0v) is 12.2. The summed E-state index contributed by atoms with van der Waals surface area (Å²) in [5.74, 6) is -1.26. The second kappa shape index (κ2) is 5.92. The SMILES string of the molecule is O=C(O)c1ccc2c(ccn2Cc2ccc(OC(F)(F)F)cc2)c1. The van der Waals surface area contributed by atoms with Gasteiger partial charge >= 0.3 is 12.3 Å². The minimum Gasteiger partial charge on any atom is -0.478 e. The first kappa shape index (κ1) is 15.9. The number of hydrogen-bond acceptors (Lipinski definition) is 2. The van der Waals surface area contributed by atoms with Crippen LogP contribution in [0.5, 0.6) is 5.75 Å². The summed E-state index contributed by atoms with van der Waals surface area (Å²) in [6.07, 6.45) is -2.91. The van der Waals surface area contributed by atoms with E-state index < -0.39 is 12.3 Å². The van der Waals surface area contributed by atoms with Crippen molar-refractivity contribution in [2.45, 2.75) is 12.9 Å². The number of carboxylic acid groups (broad SMARTS) is 1. The molecule has 3 rings (SSSR count). The number of aromatic carboxylic acids is 1. The van der Waals surface area contributed by atoms with Gasteiger partial charge in [0.05, 0.1) is 5.56 Å². The van der Waals surface area contributed by atoms with Crippen molar-refractivity contribution in [1.82, 2.24) is 4.57 Å². The quantitative estimate of drug-likeness (QED) is 0.774. The van der Waals surface area contributed by atoms with Gasteiger partial charge in [0.15, 0.2) is 0 Å². The van der Waals surface area contributed by atoms with Crippen LogP contribution < -0.4 is 4.74 Å². The minimum absolute atomic E-state index is 0.203. The predicted molar refractivity (Wildman–Crippen MR) is 81.1 cm³/mol. The molecule has 1 N–H and O–H groups in total. The Morgan fingerprint density at radius 3 is 2.42 bits per heavy atom. The van der Waals surface area contributed by atoms with E-state index in [0.717, 1.165) is 16.5 Å². The van der Waals surface area contributed by atoms with Gasteiger partial charge in [-0.25, -0.2) is 4.79 Å². The lowest BCUT2D eigenvalue weighted by molar-refractivity contribution is -0.274. The van der Waals surface area contributed by atoms with Gasteiger partial charge in [0, 0.05) is 23.6 Å². The summed E-state index contributed by atoms with van der Waals surface area (Å²) >= 11 is 0. The van der Waals surface area contributed by atoms with Gasteiger partial charge in [-0.2, -0.15) is 0 Å². The average molecular weight is 335 g/mol. The molecule has 2 aromatic carbocycles. The number of fused-ring (bicyclic) bond motifs is 1. The van der Waals surface area contributed by atoms with Gasteiger partial charge in [0.25, 0.3) is 0 Å². The minimum atomic E-state index is -4.71. The predicted octanol–water partition coefficient (Wildman–Crippen LogP) is 4.29. The first-order valence-electron chi connectivity index (χ1n) is 6.99. The maximum atomic E-state index is 12.1. The number of hydrogen-bond donors (Lipinski definition) is 1. The maximum absolute atomic E-state index is 12.1. The van der Waals surface area contributed by atoms with Gasteiger partial charge in [-0.3, -0.25) is 0 Å². The third-order valence-electron chi connectivity index (χ3n) is 3.53. The zero-order valence-electron chi connectivity index (χ0n) is 12.2. The molecule has 0 saturated heterocycles. The molecule has 0 spiro atoms. The molecular weight excluding hydrogens is 323 g/mol. The van der Waals surface area contributed by atoms with Crippen LogP contribution in [0.15, 0.2) is 54.7 Å². The van der Waals surface area contributed by atoms with Crippen LogP contribution >= 0.6 is 0 Å². The van der Waals surface area contributed by atoms with Crippen LogP contribution in [0.25, 0.3) is 10.9 Å². The van der Waals surface area contributed by atoms with Crippen molar-refractivity contribution in [3.8, 4) is 5.75 Å². The summed E-state index contributed by atoms with van der Waals surface area (Å²) in [6.45, 7) is 0.447. The normalized spacial score (nSPS) is 11.6. The summed E-state index contributed by atoms with van der Waals surface area (Å²) < 4.78 is 42.2. The number of rotatable bonds is 4. The van der Waals surface area contributed by atoms with Crippen LogP contribution in [0.2, 0.25) is 0 Å². The maximum Gasteiger partial charge on any atom is 0.573 e. The van der Waals surface area contributed by atoms with E-state index in [1.54, 1.807) is 36.5 Å². The molecule has 1 heterocycles. The van der Waals surface area contributed by atoms with Crippen LogP contribution in [0.1, 0.15) is 15.9 Å². The number of nitrogens with zero attached hydrogens (tertiary/aromatic N) is 1. The van der Waals surface area contributed by atoms with Crippen molar-refractivity contribution < 1.29 is 27.8 Å². The zero-order chi connectivity index (χ0) is 17.3. The summed E-state index contributed by atoms with van der Waals surface area (Å²) in [7, 11) is 0. The molecule has 0 bridgehead atoms. The number of aromatic nitrogens is 1. The molecule has 1 aromatic heterocycles. The molecule has 24 heavy (non-hydrogen) atoms. The van der Waals surface area contributed by atoms with E-state index in [-0.39, 0.29) is 11.3 Å². The summed E-state index contributed by atoms with van der Waals surface area (Å²) in [5, 5.41) is 9.78. The second-order valence-corrected chi connectivity index (χ2v) is 5.21. The van der Waals surface area contributed by atoms with Gasteiger partial charge in [-0.1, -0.05) is 12.1 Å². The highest BCUT2D eigenvalue weighted by Gasteiger charge is 2.30. The van der Waals surface area contributed by atoms with E-state index in [4.69, 9.17) is 5.11 Å². The van der Waals surface area contributed by atoms with Gasteiger partial charge in [0.2, 0.25) is 0 Å². The third kappa shape index (κ3) is 3.51. The van der Waals surface area contributed by atoms with E-state index in [1.807, 2.05) is 4.57 Å². The molecule has 0 atom stereocenters. The molecule has 0 saturated carbocycles. The number of alkyl halides is 3. The number of carboxylic acids is 1. The van der Waals surface area contributed by atoms with Gasteiger partial charge < -0.3 is 14.4 Å². The molecule has 0 aliphatic rings. The summed E-state index contributed by atoms with van der Waals surface area (Å²) in [5.41, 5.74) is 1.84. The second-order valence-electron chi connectivity index (χ2n) is 5.21. The molecular formula is C17H12F3NO3. The molecule has 7 heteroatoms. The Balaban J connectivity index is 1.81. The largest absolute Gasteiger partial charge is 0.573 e. The highest BCUT2D eigenvalue weighted by atomic mass is 19.4. The first-order valence-corrected chi connectivity index (χ1v) is 6.99. The Morgan fingerprint density at radius 2 is 1.79 bits per heavy atom. The van der Waals surface area contributed by atoms with Crippen molar-refractivity contribution in [2.24, 2.45) is 0 Å². The molecule has 0 fully saturated rings. The molecule has 0 radical (unpaired) electrons. The molecule has 0 amide bonds. The van der Waals surface area contributed by atoms with Crippen LogP contribution in [0.3, 0.4) is 0 Å². The van der Waals surface area contributed by atoms with Crippen LogP contribution in [0, 0.1) is 0 Å². The fourth-order valence-corrected chi connectivity index (χ4v) is 2.46. The van der Waals surface area contributed by atoms with Crippen molar-refractivity contribution >= 4 is 16.9 Å². The highest BCUT2D eigenvalue weighted by Crippen LogP contribution is 2.24. The Labute approximate surface area is 134 Å². The first-order chi connectivity index (χ1) is 11.3. The monoisotopic (exact) mass is 335 g/mol. The van der Waals surface area contributed by atoms with Crippen molar-refractivity contribution in [2.75, 3.05) is 0 Å². The lowest BCUT2D eigenvalue weighted by atomic mass is 10.1. The van der Waals surface area contributed by atoms with E-state index in [9.17, 15) is 18.0 Å². The average Bonchev–Trinajstić information content (AvgIpc) is 2.90. The smallest absolute Gasteiger partial charge is 0.478 e.